The van der Waals surface area contributed by atoms with Crippen molar-refractivity contribution in [2.45, 2.75) is 36.7 Å². The van der Waals surface area contributed by atoms with Crippen LogP contribution in [-0.2, 0) is 19.2 Å². The maximum atomic E-state index is 15.6. The summed E-state index contributed by atoms with van der Waals surface area (Å²) in [6.45, 7) is 1.70. The van der Waals surface area contributed by atoms with E-state index >= 15 is 4.39 Å². The van der Waals surface area contributed by atoms with Gasteiger partial charge in [0.25, 0.3) is 11.8 Å². The Morgan fingerprint density at radius 3 is 2.53 bits per heavy atom. The third kappa shape index (κ3) is 8.33. The monoisotopic (exact) mass is 832 g/mol. The molecule has 0 spiro atoms. The minimum atomic E-state index is -1.71. The molecule has 2 aromatic heterocycles. The number of aromatic nitrogens is 2. The molecule has 3 fully saturated rings. The molecule has 3 aromatic rings. The number of halogens is 2. The number of aliphatic carboxylic acids is 1. The SMILES string of the molecule is CON=C(C(=O)N[C@@H]1C(=O)N2C(C(=O)[O-])=C(CN(C)CC3CCN(c4cc5c(cc4F)c(=O)c(C(=O)[O-])c(Cl)n5C4CC4)C3)CS[C@H]12)c1csc(N)n1.[Na+].[Na+]. The molecule has 55 heavy (non-hydrogen) atoms. The first-order chi connectivity index (χ1) is 25.3. The van der Waals surface area contributed by atoms with Crippen LogP contribution in [0.4, 0.5) is 15.2 Å². The molecule has 1 saturated carbocycles. The molecule has 3 N–H and O–H groups in total. The van der Waals surface area contributed by atoms with E-state index in [1.165, 1.54) is 24.3 Å². The van der Waals surface area contributed by atoms with Crippen LogP contribution < -0.4 is 90.7 Å². The Balaban J connectivity index is 0.00000290. The van der Waals surface area contributed by atoms with Crippen LogP contribution >= 0.6 is 34.7 Å². The van der Waals surface area contributed by atoms with Crippen LogP contribution in [0.15, 0.2) is 38.7 Å². The van der Waals surface area contributed by atoms with Gasteiger partial charge in [0.1, 0.15) is 35.2 Å². The summed E-state index contributed by atoms with van der Waals surface area (Å²) in [6.07, 6.45) is 2.17. The number of nitrogens with two attached hydrogens (primary N) is 1. The third-order valence-electron chi connectivity index (χ3n) is 9.68. The molecule has 1 aromatic carbocycles. The van der Waals surface area contributed by atoms with Gasteiger partial charge in [0, 0.05) is 48.7 Å². The fourth-order valence-corrected chi connectivity index (χ4v) is 9.50. The summed E-state index contributed by atoms with van der Waals surface area (Å²) in [5.41, 5.74) is 4.95. The molecule has 16 nitrogen and oxygen atoms in total. The molecule has 1 unspecified atom stereocenters. The van der Waals surface area contributed by atoms with E-state index in [4.69, 9.17) is 22.2 Å². The van der Waals surface area contributed by atoms with E-state index in [0.29, 0.717) is 37.1 Å². The van der Waals surface area contributed by atoms with Crippen molar-refractivity contribution in [3.8, 4) is 0 Å². The topological polar surface area (TPSA) is 219 Å². The number of carbonyl (C=O) groups is 4. The van der Waals surface area contributed by atoms with E-state index in [1.807, 2.05) is 16.8 Å². The first-order valence-electron chi connectivity index (χ1n) is 16.5. The van der Waals surface area contributed by atoms with E-state index in [2.05, 4.69) is 15.5 Å². The summed E-state index contributed by atoms with van der Waals surface area (Å²) in [7, 11) is 3.08. The predicted molar refractivity (Wildman–Crippen MR) is 191 cm³/mol. The van der Waals surface area contributed by atoms with Crippen LogP contribution in [0, 0.1) is 11.7 Å². The van der Waals surface area contributed by atoms with Crippen molar-refractivity contribution in [1.29, 1.82) is 0 Å². The van der Waals surface area contributed by atoms with Crippen molar-refractivity contribution in [3.05, 3.63) is 61.2 Å². The number of oxime groups is 1. The number of nitrogens with zero attached hydrogens (tertiary/aromatic N) is 6. The number of carboxylic acid groups (broad SMARTS) is 2. The van der Waals surface area contributed by atoms with E-state index < -0.39 is 52.0 Å². The molecule has 1 aliphatic carbocycles. The van der Waals surface area contributed by atoms with Gasteiger partial charge in [-0.25, -0.2) is 9.37 Å². The number of fused-ring (bicyclic) bond motifs is 2. The van der Waals surface area contributed by atoms with Crippen molar-refractivity contribution in [1.82, 2.24) is 24.7 Å². The zero-order valence-electron chi connectivity index (χ0n) is 30.3. The molecule has 22 heteroatoms. The van der Waals surface area contributed by atoms with E-state index in [9.17, 15) is 34.2 Å². The Morgan fingerprint density at radius 1 is 1.18 bits per heavy atom. The molecule has 3 aliphatic heterocycles. The predicted octanol–water partition coefficient (Wildman–Crippen LogP) is -6.25. The number of carbonyl (C=O) groups excluding carboxylic acids is 4. The molecule has 2 saturated heterocycles. The number of amides is 2. The normalized spacial score (nSPS) is 20.9. The molecule has 2 amide bonds. The van der Waals surface area contributed by atoms with Gasteiger partial charge in [-0.15, -0.1) is 23.1 Å². The Labute approximate surface area is 370 Å². The van der Waals surface area contributed by atoms with Crippen molar-refractivity contribution in [3.63, 3.8) is 0 Å². The Morgan fingerprint density at radius 2 is 1.91 bits per heavy atom. The number of benzene rings is 1. The molecular formula is C33H32ClFN8Na2O8S2. The van der Waals surface area contributed by atoms with Gasteiger partial charge >= 0.3 is 59.1 Å². The molecule has 5 heterocycles. The number of carboxylic acids is 2. The number of hydrogen-bond acceptors (Lipinski definition) is 15. The van der Waals surface area contributed by atoms with Crippen LogP contribution in [0.3, 0.4) is 0 Å². The van der Waals surface area contributed by atoms with Gasteiger partial charge in [-0.3, -0.25) is 19.3 Å². The van der Waals surface area contributed by atoms with Crippen LogP contribution in [0.1, 0.15) is 41.4 Å². The number of nitrogens with one attached hydrogen (secondary N) is 1. The standard InChI is InChI=1S/C33H34ClFN8O8S2.2Na/c1-40(9-14-5-6-41(10-14)21-8-20-17(7-18(21)35)26(44)22(31(47)48)27(34)42(20)16-3-4-16)11-15-12-52-30-24(29(46)43(30)25(15)32(49)50)38-28(45)23(39-51-2)19-13-53-33(36)37-19;;/h7-8,13-14,16,24,30H,3-6,9-12H2,1-2H3,(H2,36,37)(H,38,45)(H,47,48)(H,49,50);;/q;2*+1/p-2/t14?,24-,30-;;/m1../s1. The molecule has 7 rings (SSSR count). The van der Waals surface area contributed by atoms with Gasteiger partial charge in [0.05, 0.1) is 34.4 Å². The van der Waals surface area contributed by atoms with E-state index in [1.54, 1.807) is 10.6 Å². The van der Waals surface area contributed by atoms with Gasteiger partial charge in [0.2, 0.25) is 0 Å². The summed E-state index contributed by atoms with van der Waals surface area (Å²) >= 11 is 8.80. The minimum absolute atomic E-state index is 0. The average molecular weight is 833 g/mol. The molecular weight excluding hydrogens is 801 g/mol. The van der Waals surface area contributed by atoms with Gasteiger partial charge in [-0.05, 0) is 49.9 Å². The number of rotatable bonds is 12. The first kappa shape index (κ1) is 43.4. The summed E-state index contributed by atoms with van der Waals surface area (Å²) in [6, 6.07) is 1.48. The Hall–Kier alpha value is -2.72. The Kier molecular flexibility index (Phi) is 13.7. The summed E-state index contributed by atoms with van der Waals surface area (Å²) in [5, 5.41) is 31.2. The van der Waals surface area contributed by atoms with Gasteiger partial charge < -0.3 is 50.1 Å². The van der Waals surface area contributed by atoms with Crippen LogP contribution in [0.2, 0.25) is 5.15 Å². The number of likely N-dealkylation sites (N-methyl/N-ethyl adjacent to an activating group) is 1. The summed E-state index contributed by atoms with van der Waals surface area (Å²) in [4.78, 5) is 77.2. The average Bonchev–Trinajstić information content (AvgIpc) is 3.68. The number of thiazole rings is 1. The molecule has 3 atom stereocenters. The van der Waals surface area contributed by atoms with Crippen LogP contribution in [-0.4, -0.2) is 106 Å². The van der Waals surface area contributed by atoms with E-state index in [-0.39, 0.29) is 122 Å². The Bertz CT molecular complexity index is 2200. The molecule has 280 valence electrons. The number of aromatic carboxylic acids is 1. The second-order valence-electron chi connectivity index (χ2n) is 13.3. The number of anilines is 2. The fraction of sp³-hybridized carbons (Fsp3) is 0.424. The van der Waals surface area contributed by atoms with Gasteiger partial charge in [-0.2, -0.15) is 0 Å². The number of hydrogen-bond donors (Lipinski definition) is 2. The van der Waals surface area contributed by atoms with Crippen LogP contribution in [0.25, 0.3) is 10.9 Å². The van der Waals surface area contributed by atoms with Crippen molar-refractivity contribution < 1.29 is 97.7 Å². The number of nitrogen functional groups attached to an aromatic ring is 1. The van der Waals surface area contributed by atoms with Crippen molar-refractivity contribution in [2.24, 2.45) is 11.1 Å². The minimum Gasteiger partial charge on any atom is -0.545 e. The fourth-order valence-electron chi connectivity index (χ4n) is 7.22. The van der Waals surface area contributed by atoms with Crippen LogP contribution in [0.5, 0.6) is 0 Å². The van der Waals surface area contributed by atoms with Crippen molar-refractivity contribution in [2.75, 3.05) is 56.7 Å². The maximum absolute atomic E-state index is 15.6. The zero-order valence-corrected chi connectivity index (χ0v) is 36.7. The second kappa shape index (κ2) is 17.4. The van der Waals surface area contributed by atoms with E-state index in [0.717, 1.165) is 35.1 Å². The first-order valence-corrected chi connectivity index (χ1v) is 18.8. The largest absolute Gasteiger partial charge is 1.00 e. The van der Waals surface area contributed by atoms with Gasteiger partial charge in [0.15, 0.2) is 16.3 Å². The number of thioether (sulfide) groups is 1. The van der Waals surface area contributed by atoms with Gasteiger partial charge in [-0.1, -0.05) is 16.8 Å². The third-order valence-corrected chi connectivity index (χ3v) is 12.1. The quantitative estimate of drug-likeness (QED) is 0.0572. The summed E-state index contributed by atoms with van der Waals surface area (Å²) in [5.74, 6) is -4.92. The molecule has 0 radical (unpaired) electrons. The summed E-state index contributed by atoms with van der Waals surface area (Å²) < 4.78 is 17.1. The smallest absolute Gasteiger partial charge is 0.545 e. The second-order valence-corrected chi connectivity index (χ2v) is 15.6. The number of β-lactam (4-membered cyclic amide) rings is 1. The molecule has 0 bridgehead atoms. The van der Waals surface area contributed by atoms with Crippen molar-refractivity contribution >= 4 is 85.9 Å². The maximum Gasteiger partial charge on any atom is 1.00 e. The molecule has 4 aliphatic rings. The zero-order chi connectivity index (χ0) is 37.9. The number of pyridine rings is 1.